The molecule has 4 aliphatic rings. The molecule has 63 heavy (non-hydrogen) atoms. The molecule has 4 heterocycles. The lowest BCUT2D eigenvalue weighted by Gasteiger charge is -2.39. The van der Waals surface area contributed by atoms with E-state index in [1.54, 1.807) is 0 Å². The molecular formula is C55H37B2N3O3. The van der Waals surface area contributed by atoms with Crippen LogP contribution in [0.1, 0.15) is 5.56 Å². The van der Waals surface area contributed by atoms with Crippen molar-refractivity contribution in [3.63, 3.8) is 0 Å². The molecule has 4 aliphatic heterocycles. The number of hydrogen-bond donors (Lipinski definition) is 1. The van der Waals surface area contributed by atoms with Crippen molar-refractivity contribution in [3.8, 4) is 45.3 Å². The van der Waals surface area contributed by atoms with Gasteiger partial charge in [0.05, 0.1) is 5.69 Å². The van der Waals surface area contributed by atoms with Crippen LogP contribution in [0.25, 0.3) is 22.3 Å². The van der Waals surface area contributed by atoms with Gasteiger partial charge in [-0.3, -0.25) is 0 Å². The van der Waals surface area contributed by atoms with Crippen LogP contribution in [0.4, 0.5) is 45.5 Å². The van der Waals surface area contributed by atoms with Gasteiger partial charge in [0.15, 0.2) is 0 Å². The number of fused-ring (bicyclic) bond motifs is 8. The summed E-state index contributed by atoms with van der Waals surface area (Å²) < 4.78 is 21.4. The molecule has 0 radical (unpaired) electrons. The zero-order valence-corrected chi connectivity index (χ0v) is 34.3. The van der Waals surface area contributed by atoms with Gasteiger partial charge in [0.1, 0.15) is 23.0 Å². The van der Waals surface area contributed by atoms with Crippen LogP contribution in [0.15, 0.2) is 200 Å². The molecule has 9 aromatic carbocycles. The Balaban J connectivity index is 0.999. The van der Waals surface area contributed by atoms with Crippen LogP contribution >= 0.6 is 0 Å². The van der Waals surface area contributed by atoms with Crippen molar-refractivity contribution in [3.05, 3.63) is 206 Å². The summed E-state index contributed by atoms with van der Waals surface area (Å²) in [6, 6.07) is 70.2. The Bertz CT molecular complexity index is 2980. The summed E-state index contributed by atoms with van der Waals surface area (Å²) in [7, 11) is 0. The smallest absolute Gasteiger partial charge is 0.434 e. The number of hydrogen-bond acceptors (Lipinski definition) is 6. The Hall–Kier alpha value is -8.09. The first-order valence-electron chi connectivity index (χ1n) is 21.5. The average molecular weight is 810 g/mol. The van der Waals surface area contributed by atoms with Gasteiger partial charge >= 0.3 is 13.8 Å². The fraction of sp³-hybridized carbons (Fsp3) is 0.0182. The maximum Gasteiger partial charge on any atom is 0.434 e. The topological polar surface area (TPSA) is 46.2 Å². The second kappa shape index (κ2) is 14.0. The van der Waals surface area contributed by atoms with Gasteiger partial charge in [-0.1, -0.05) is 115 Å². The van der Waals surface area contributed by atoms with Gasteiger partial charge in [0, 0.05) is 79.0 Å². The highest BCUT2D eigenvalue weighted by atomic mass is 16.5. The van der Waals surface area contributed by atoms with Crippen LogP contribution < -0.4 is 51.0 Å². The van der Waals surface area contributed by atoms with Crippen molar-refractivity contribution in [2.45, 2.75) is 6.92 Å². The minimum atomic E-state index is -0.405. The molecule has 0 fully saturated rings. The molecule has 9 aromatic rings. The summed E-state index contributed by atoms with van der Waals surface area (Å²) in [6.45, 7) is 1.38. The van der Waals surface area contributed by atoms with Crippen LogP contribution in [0.5, 0.6) is 23.0 Å². The van der Waals surface area contributed by atoms with E-state index in [1.807, 2.05) is 6.07 Å². The second-order valence-corrected chi connectivity index (χ2v) is 16.5. The molecule has 0 atom stereocenters. The van der Waals surface area contributed by atoms with Crippen LogP contribution in [0.3, 0.4) is 0 Å². The first-order valence-corrected chi connectivity index (χ1v) is 21.5. The summed E-state index contributed by atoms with van der Waals surface area (Å²) in [4.78, 5) is 4.62. The highest BCUT2D eigenvalue weighted by molar-refractivity contribution is 6.88. The Morgan fingerprint density at radius 2 is 0.841 bits per heavy atom. The number of ether oxygens (including phenoxy) is 1. The number of rotatable bonds is 6. The number of nitrogens with zero attached hydrogens (tertiary/aromatic N) is 2. The molecule has 0 aliphatic carbocycles. The van der Waals surface area contributed by atoms with E-state index in [2.05, 4.69) is 216 Å². The Morgan fingerprint density at radius 1 is 0.397 bits per heavy atom. The summed E-state index contributed by atoms with van der Waals surface area (Å²) in [5.41, 5.74) is 17.8. The number of benzene rings is 9. The van der Waals surface area contributed by atoms with Crippen molar-refractivity contribution in [1.29, 1.82) is 0 Å². The fourth-order valence-electron chi connectivity index (χ4n) is 10.1. The third-order valence-corrected chi connectivity index (χ3v) is 12.8. The van der Waals surface area contributed by atoms with Gasteiger partial charge in [-0.15, -0.1) is 0 Å². The zero-order valence-electron chi connectivity index (χ0n) is 34.3. The van der Waals surface area contributed by atoms with Gasteiger partial charge < -0.3 is 29.2 Å². The first kappa shape index (κ1) is 35.6. The lowest BCUT2D eigenvalue weighted by atomic mass is 9.46. The molecule has 0 saturated carbocycles. The molecule has 0 bridgehead atoms. The van der Waals surface area contributed by atoms with Gasteiger partial charge in [-0.25, -0.2) is 0 Å². The highest BCUT2D eigenvalue weighted by Crippen LogP contribution is 2.48. The molecule has 0 unspecified atom stereocenters. The lowest BCUT2D eigenvalue weighted by molar-refractivity contribution is 0.476. The quantitative estimate of drug-likeness (QED) is 0.169. The Morgan fingerprint density at radius 3 is 1.37 bits per heavy atom. The molecule has 296 valence electrons. The van der Waals surface area contributed by atoms with Crippen molar-refractivity contribution in [2.75, 3.05) is 15.1 Å². The van der Waals surface area contributed by atoms with Crippen LogP contribution in [0.2, 0.25) is 0 Å². The monoisotopic (exact) mass is 809 g/mol. The van der Waals surface area contributed by atoms with Gasteiger partial charge in [-0.05, 0) is 102 Å². The predicted molar refractivity (Wildman–Crippen MR) is 259 cm³/mol. The molecule has 13 rings (SSSR count). The molecule has 6 nitrogen and oxygen atoms in total. The maximum atomic E-state index is 7.23. The first-order chi connectivity index (χ1) is 31.2. The van der Waals surface area contributed by atoms with E-state index in [-0.39, 0.29) is 6.92 Å². The minimum Gasteiger partial charge on any atom is -0.551 e. The van der Waals surface area contributed by atoms with Crippen LogP contribution in [0, 0.1) is 6.92 Å². The SMILES string of the molecule is Cc1c2c(cc3c1Oc1cc(N(c4ccccc4)c4ccccc4)cc4c1B3Oc1ccccc1-4)B1Oc3ccccc3-c3cc(N(c4ccccc4)c4ccccc4)cc(c31)N2. The second-order valence-electron chi connectivity index (χ2n) is 16.5. The highest BCUT2D eigenvalue weighted by Gasteiger charge is 2.47. The van der Waals surface area contributed by atoms with E-state index in [1.165, 1.54) is 0 Å². The van der Waals surface area contributed by atoms with Crippen molar-refractivity contribution >= 4 is 81.2 Å². The number of nitrogens with one attached hydrogen (secondary N) is 1. The maximum absolute atomic E-state index is 7.23. The summed E-state index contributed by atoms with van der Waals surface area (Å²) in [5, 5.41) is 3.96. The Labute approximate surface area is 366 Å². The minimum absolute atomic E-state index is 0.370. The standard InChI is InChI=1S/C55H37B2N3O3/c1-35-54-46(56-52-44(42-26-14-16-28-49(42)62-56)30-40(32-48(52)58-54)59(36-18-6-2-7-19-36)37-20-8-3-9-21-37)34-47-55(35)61-51-33-41(31-45-43-27-15-17-29-50(43)63-57(47)53(45)51)60(38-22-10-4-11-23-38)39-24-12-5-13-25-39/h2-34,58H,1H3. The summed E-state index contributed by atoms with van der Waals surface area (Å²) >= 11 is 0. The zero-order chi connectivity index (χ0) is 41.6. The largest absolute Gasteiger partial charge is 0.551 e. The predicted octanol–water partition coefficient (Wildman–Crippen LogP) is 11.4. The Kier molecular flexibility index (Phi) is 7.91. The summed E-state index contributed by atoms with van der Waals surface area (Å²) in [5.74, 6) is 3.26. The van der Waals surface area contributed by atoms with Crippen molar-refractivity contribution in [2.24, 2.45) is 0 Å². The van der Waals surface area contributed by atoms with Crippen molar-refractivity contribution < 1.29 is 14.0 Å². The van der Waals surface area contributed by atoms with E-state index >= 15 is 0 Å². The van der Waals surface area contributed by atoms with E-state index in [4.69, 9.17) is 14.0 Å². The molecule has 1 N–H and O–H groups in total. The summed E-state index contributed by atoms with van der Waals surface area (Å²) in [6.07, 6.45) is 0. The molecule has 0 spiro atoms. The number of para-hydroxylation sites is 6. The van der Waals surface area contributed by atoms with Gasteiger partial charge in [0.25, 0.3) is 0 Å². The molecular weight excluding hydrogens is 772 g/mol. The molecule has 0 aromatic heterocycles. The average Bonchev–Trinajstić information content (AvgIpc) is 3.34. The van der Waals surface area contributed by atoms with Crippen LogP contribution in [-0.2, 0) is 0 Å². The van der Waals surface area contributed by atoms with Crippen LogP contribution in [-0.4, -0.2) is 13.8 Å². The van der Waals surface area contributed by atoms with E-state index in [0.29, 0.717) is 0 Å². The third kappa shape index (κ3) is 5.54. The molecule has 8 heteroatoms. The van der Waals surface area contributed by atoms with E-state index < -0.39 is 6.92 Å². The molecule has 0 saturated heterocycles. The fourth-order valence-corrected chi connectivity index (χ4v) is 10.1. The van der Waals surface area contributed by atoms with E-state index in [0.717, 1.165) is 118 Å². The third-order valence-electron chi connectivity index (χ3n) is 12.8. The normalized spacial score (nSPS) is 13.0. The molecule has 0 amide bonds. The number of anilines is 8. The van der Waals surface area contributed by atoms with Gasteiger partial charge in [0.2, 0.25) is 0 Å². The van der Waals surface area contributed by atoms with E-state index in [9.17, 15) is 0 Å². The lowest BCUT2D eigenvalue weighted by Crippen LogP contribution is -2.59. The van der Waals surface area contributed by atoms with Crippen molar-refractivity contribution in [1.82, 2.24) is 0 Å². The van der Waals surface area contributed by atoms with Gasteiger partial charge in [-0.2, -0.15) is 0 Å².